The normalized spacial score (nSPS) is 24.7. The van der Waals surface area contributed by atoms with Gasteiger partial charge in [-0.1, -0.05) is 13.3 Å². The van der Waals surface area contributed by atoms with Crippen LogP contribution in [0.4, 0.5) is 0 Å². The smallest absolute Gasteiger partial charge is 0.305 e. The first-order valence-corrected chi connectivity index (χ1v) is 6.31. The van der Waals surface area contributed by atoms with Crippen LogP contribution in [-0.4, -0.2) is 37.4 Å². The average molecular weight is 258 g/mol. The third kappa shape index (κ3) is 4.07. The second-order valence-corrected chi connectivity index (χ2v) is 5.02. The minimum Gasteiger partial charge on any atom is -0.469 e. The molecule has 0 aromatic heterocycles. The van der Waals surface area contributed by atoms with Crippen molar-refractivity contribution in [2.75, 3.05) is 13.7 Å². The summed E-state index contributed by atoms with van der Waals surface area (Å²) in [5.41, 5.74) is 0. The Hall–Kier alpha value is -0.940. The van der Waals surface area contributed by atoms with Crippen LogP contribution in [0.1, 0.15) is 40.0 Å². The van der Waals surface area contributed by atoms with E-state index in [2.05, 4.69) is 4.74 Å². The number of Topliss-reactive ketones (excluding diaryl/α,β-unsaturated/α-hetero) is 1. The summed E-state index contributed by atoms with van der Waals surface area (Å²) in [7, 11) is 1.35. The van der Waals surface area contributed by atoms with Crippen molar-refractivity contribution in [3.8, 4) is 0 Å². The van der Waals surface area contributed by atoms with E-state index in [1.54, 1.807) is 13.8 Å². The number of methoxy groups -OCH3 is 1. The fourth-order valence-electron chi connectivity index (χ4n) is 2.12. The monoisotopic (exact) mass is 258 g/mol. The van der Waals surface area contributed by atoms with Gasteiger partial charge >= 0.3 is 5.97 Å². The van der Waals surface area contributed by atoms with E-state index >= 15 is 0 Å². The molecule has 0 radical (unpaired) electrons. The first-order valence-electron chi connectivity index (χ1n) is 6.31. The van der Waals surface area contributed by atoms with E-state index in [1.807, 2.05) is 6.92 Å². The van der Waals surface area contributed by atoms with Crippen molar-refractivity contribution in [1.29, 1.82) is 0 Å². The van der Waals surface area contributed by atoms with Gasteiger partial charge in [0.15, 0.2) is 11.6 Å². The van der Waals surface area contributed by atoms with E-state index in [4.69, 9.17) is 9.47 Å². The molecule has 0 amide bonds. The summed E-state index contributed by atoms with van der Waals surface area (Å²) in [6.07, 6.45) is 1.27. The van der Waals surface area contributed by atoms with Crippen LogP contribution in [-0.2, 0) is 23.8 Å². The zero-order valence-electron chi connectivity index (χ0n) is 11.5. The molecule has 0 unspecified atom stereocenters. The number of hydrogen-bond donors (Lipinski definition) is 0. The van der Waals surface area contributed by atoms with Crippen LogP contribution < -0.4 is 0 Å². The first kappa shape index (κ1) is 15.1. The number of esters is 1. The van der Waals surface area contributed by atoms with E-state index in [1.165, 1.54) is 7.11 Å². The molecule has 0 aliphatic carbocycles. The van der Waals surface area contributed by atoms with Crippen molar-refractivity contribution in [2.45, 2.75) is 51.9 Å². The van der Waals surface area contributed by atoms with Gasteiger partial charge in [0, 0.05) is 5.92 Å². The number of carbonyl (C=O) groups excluding carboxylic acids is 2. The van der Waals surface area contributed by atoms with Gasteiger partial charge in [-0.05, 0) is 20.3 Å². The summed E-state index contributed by atoms with van der Waals surface area (Å²) in [5, 5.41) is 0. The number of ether oxygens (including phenoxy) is 3. The quantitative estimate of drug-likeness (QED) is 0.702. The summed E-state index contributed by atoms with van der Waals surface area (Å²) >= 11 is 0. The van der Waals surface area contributed by atoms with Crippen LogP contribution in [0.5, 0.6) is 0 Å². The number of ketones is 1. The van der Waals surface area contributed by atoms with Crippen LogP contribution in [0.3, 0.4) is 0 Å². The lowest BCUT2D eigenvalue weighted by Crippen LogP contribution is -2.49. The van der Waals surface area contributed by atoms with Gasteiger partial charge in [0.05, 0.1) is 13.5 Å². The summed E-state index contributed by atoms with van der Waals surface area (Å²) in [6, 6.07) is 0. The Morgan fingerprint density at radius 2 is 2.22 bits per heavy atom. The summed E-state index contributed by atoms with van der Waals surface area (Å²) in [6.45, 7) is 5.60. The molecule has 5 heteroatoms. The van der Waals surface area contributed by atoms with Gasteiger partial charge in [0.1, 0.15) is 12.7 Å². The van der Waals surface area contributed by atoms with Gasteiger partial charge in [-0.25, -0.2) is 0 Å². The van der Waals surface area contributed by atoms with Crippen molar-refractivity contribution in [2.24, 2.45) is 5.92 Å². The molecule has 5 nitrogen and oxygen atoms in total. The van der Waals surface area contributed by atoms with Gasteiger partial charge in [0.2, 0.25) is 0 Å². The van der Waals surface area contributed by atoms with Crippen LogP contribution in [0.25, 0.3) is 0 Å². The Morgan fingerprint density at radius 1 is 1.56 bits per heavy atom. The van der Waals surface area contributed by atoms with Crippen molar-refractivity contribution in [3.05, 3.63) is 0 Å². The largest absolute Gasteiger partial charge is 0.469 e. The Labute approximate surface area is 108 Å². The topological polar surface area (TPSA) is 61.8 Å². The van der Waals surface area contributed by atoms with Crippen molar-refractivity contribution < 1.29 is 23.8 Å². The second kappa shape index (κ2) is 6.29. The maximum absolute atomic E-state index is 11.9. The van der Waals surface area contributed by atoms with Crippen molar-refractivity contribution >= 4 is 11.8 Å². The van der Waals surface area contributed by atoms with Gasteiger partial charge in [-0.3, -0.25) is 9.59 Å². The molecule has 1 heterocycles. The highest BCUT2D eigenvalue weighted by atomic mass is 16.7. The third-order valence-corrected chi connectivity index (χ3v) is 3.03. The van der Waals surface area contributed by atoms with E-state index in [0.29, 0.717) is 0 Å². The lowest BCUT2D eigenvalue weighted by molar-refractivity contribution is -0.266. The Balaban J connectivity index is 2.75. The molecule has 1 saturated heterocycles. The molecular weight excluding hydrogens is 236 g/mol. The lowest BCUT2D eigenvalue weighted by atomic mass is 9.90. The molecule has 104 valence electrons. The number of rotatable bonds is 5. The molecule has 0 spiro atoms. The highest BCUT2D eigenvalue weighted by Gasteiger charge is 2.40. The molecule has 0 aromatic rings. The van der Waals surface area contributed by atoms with Gasteiger partial charge in [-0.15, -0.1) is 0 Å². The van der Waals surface area contributed by atoms with Crippen LogP contribution in [0.2, 0.25) is 0 Å². The third-order valence-electron chi connectivity index (χ3n) is 3.03. The predicted molar refractivity (Wildman–Crippen MR) is 64.9 cm³/mol. The Morgan fingerprint density at radius 3 is 2.78 bits per heavy atom. The van der Waals surface area contributed by atoms with Crippen LogP contribution in [0, 0.1) is 5.92 Å². The molecular formula is C13H22O5. The highest BCUT2D eigenvalue weighted by molar-refractivity contribution is 5.85. The fourth-order valence-corrected chi connectivity index (χ4v) is 2.12. The minimum atomic E-state index is -0.777. The number of hydrogen-bond acceptors (Lipinski definition) is 5. The standard InChI is InChI=1S/C13H22O5/c1-5-6-9(7-11(15)16-4)12-10(14)8-17-13(2,3)18-12/h9,12H,5-8H2,1-4H3/t9-,12+/m1/s1. The predicted octanol–water partition coefficient (Wildman–Crippen LogP) is 1.69. The molecule has 0 N–H and O–H groups in total. The zero-order valence-corrected chi connectivity index (χ0v) is 11.5. The molecule has 0 aromatic carbocycles. The molecule has 2 atom stereocenters. The van der Waals surface area contributed by atoms with E-state index in [-0.39, 0.29) is 30.7 Å². The van der Waals surface area contributed by atoms with E-state index in [0.717, 1.165) is 12.8 Å². The highest BCUT2D eigenvalue weighted by Crippen LogP contribution is 2.28. The van der Waals surface area contributed by atoms with Crippen LogP contribution in [0.15, 0.2) is 0 Å². The summed E-state index contributed by atoms with van der Waals surface area (Å²) in [4.78, 5) is 23.3. The Kier molecular flexibility index (Phi) is 5.28. The van der Waals surface area contributed by atoms with Gasteiger partial charge < -0.3 is 14.2 Å². The maximum atomic E-state index is 11.9. The lowest BCUT2D eigenvalue weighted by Gasteiger charge is -2.38. The molecule has 18 heavy (non-hydrogen) atoms. The minimum absolute atomic E-state index is 0.0407. The average Bonchev–Trinajstić information content (AvgIpc) is 2.31. The fraction of sp³-hybridized carbons (Fsp3) is 0.846. The summed E-state index contributed by atoms with van der Waals surface area (Å²) in [5.74, 6) is -1.33. The maximum Gasteiger partial charge on any atom is 0.305 e. The van der Waals surface area contributed by atoms with Crippen molar-refractivity contribution in [1.82, 2.24) is 0 Å². The SMILES string of the molecule is CCC[C@H](CC(=O)OC)[C@@H]1OC(C)(C)OCC1=O. The zero-order chi connectivity index (χ0) is 13.8. The molecule has 1 fully saturated rings. The number of carbonyl (C=O) groups is 2. The first-order chi connectivity index (χ1) is 8.39. The van der Waals surface area contributed by atoms with E-state index < -0.39 is 11.9 Å². The molecule has 1 rings (SSSR count). The molecule has 1 aliphatic heterocycles. The second-order valence-electron chi connectivity index (χ2n) is 5.02. The Bertz CT molecular complexity index is 311. The van der Waals surface area contributed by atoms with Crippen molar-refractivity contribution in [3.63, 3.8) is 0 Å². The van der Waals surface area contributed by atoms with Gasteiger partial charge in [0.25, 0.3) is 0 Å². The van der Waals surface area contributed by atoms with E-state index in [9.17, 15) is 9.59 Å². The molecule has 0 bridgehead atoms. The summed E-state index contributed by atoms with van der Waals surface area (Å²) < 4.78 is 15.6. The molecule has 1 aliphatic rings. The van der Waals surface area contributed by atoms with Crippen LogP contribution >= 0.6 is 0 Å². The van der Waals surface area contributed by atoms with Gasteiger partial charge in [-0.2, -0.15) is 0 Å². The molecule has 0 saturated carbocycles.